The minimum absolute atomic E-state index is 0.161. The van der Waals surface area contributed by atoms with E-state index in [1.807, 2.05) is 34.6 Å². The zero-order chi connectivity index (χ0) is 19.8. The molecule has 152 valence electrons. The number of ether oxygens (including phenoxy) is 2. The van der Waals surface area contributed by atoms with Gasteiger partial charge in [-0.15, -0.1) is 0 Å². The number of hydrogen-bond donors (Lipinski definition) is 0. The molecule has 1 heterocycles. The number of hydrogen-bond acceptors (Lipinski definition) is 4. The number of unbranched alkanes of at least 4 members (excludes halogenated alkanes) is 6. The van der Waals surface area contributed by atoms with Gasteiger partial charge in [-0.25, -0.2) is 0 Å². The molecule has 3 atom stereocenters. The maximum absolute atomic E-state index is 12.9. The van der Waals surface area contributed by atoms with Crippen LogP contribution >= 0.6 is 0 Å². The second-order valence-corrected chi connectivity index (χ2v) is 9.16. The first-order chi connectivity index (χ1) is 12.1. The molecule has 1 aliphatic rings. The maximum atomic E-state index is 12.9. The van der Waals surface area contributed by atoms with Gasteiger partial charge in [0, 0.05) is 6.42 Å². The number of carbonyl (C=O) groups excluding carboxylic acids is 2. The standard InChI is InChI=1S/C22H40O4/c1-7-8-9-10-11-12-13-14-22(6)16-21(4,5)19(23)25-17(2)15-18(3)26-20(22)24/h17-18H,7-16H2,1-6H3/t17-,18-,22?/m1/s1. The van der Waals surface area contributed by atoms with Crippen LogP contribution in [0.2, 0.25) is 0 Å². The number of rotatable bonds is 8. The molecule has 4 heteroatoms. The van der Waals surface area contributed by atoms with Crippen LogP contribution in [-0.4, -0.2) is 24.1 Å². The molecule has 1 saturated heterocycles. The topological polar surface area (TPSA) is 52.6 Å². The third-order valence-corrected chi connectivity index (χ3v) is 5.49. The van der Waals surface area contributed by atoms with Gasteiger partial charge in [0.2, 0.25) is 0 Å². The van der Waals surface area contributed by atoms with Crippen LogP contribution in [-0.2, 0) is 19.1 Å². The van der Waals surface area contributed by atoms with E-state index in [-0.39, 0.29) is 24.1 Å². The van der Waals surface area contributed by atoms with Crippen molar-refractivity contribution in [3.8, 4) is 0 Å². The fourth-order valence-corrected chi connectivity index (χ4v) is 4.01. The van der Waals surface area contributed by atoms with Gasteiger partial charge in [-0.1, -0.05) is 51.9 Å². The first-order valence-electron chi connectivity index (χ1n) is 10.5. The average molecular weight is 369 g/mol. The molecule has 1 aliphatic heterocycles. The van der Waals surface area contributed by atoms with Gasteiger partial charge in [-0.05, 0) is 47.5 Å². The quantitative estimate of drug-likeness (QED) is 0.400. The molecule has 0 saturated carbocycles. The van der Waals surface area contributed by atoms with Crippen LogP contribution in [0.25, 0.3) is 0 Å². The number of carbonyl (C=O) groups is 2. The molecular formula is C22H40O4. The van der Waals surface area contributed by atoms with Gasteiger partial charge in [0.1, 0.15) is 12.2 Å². The molecule has 1 unspecified atom stereocenters. The highest BCUT2D eigenvalue weighted by Gasteiger charge is 2.45. The van der Waals surface area contributed by atoms with Crippen LogP contribution in [0.3, 0.4) is 0 Å². The van der Waals surface area contributed by atoms with E-state index >= 15 is 0 Å². The largest absolute Gasteiger partial charge is 0.462 e. The SMILES string of the molecule is CCCCCCCCCC1(C)CC(C)(C)C(=O)O[C@H](C)C[C@@H](C)OC1=O. The van der Waals surface area contributed by atoms with Crippen molar-refractivity contribution in [1.82, 2.24) is 0 Å². The second-order valence-electron chi connectivity index (χ2n) is 9.16. The fourth-order valence-electron chi connectivity index (χ4n) is 4.01. The molecule has 1 rings (SSSR count). The normalized spacial score (nSPS) is 29.8. The predicted molar refractivity (Wildman–Crippen MR) is 105 cm³/mol. The van der Waals surface area contributed by atoms with Crippen LogP contribution in [0.5, 0.6) is 0 Å². The van der Waals surface area contributed by atoms with Gasteiger partial charge in [0.25, 0.3) is 0 Å². The Morgan fingerprint density at radius 1 is 0.846 bits per heavy atom. The van der Waals surface area contributed by atoms with Gasteiger partial charge in [0.05, 0.1) is 10.8 Å². The maximum Gasteiger partial charge on any atom is 0.312 e. The van der Waals surface area contributed by atoms with E-state index in [0.717, 1.165) is 19.3 Å². The summed E-state index contributed by atoms with van der Waals surface area (Å²) in [5, 5.41) is 0. The molecule has 0 radical (unpaired) electrons. The summed E-state index contributed by atoms with van der Waals surface area (Å²) in [6, 6.07) is 0. The Morgan fingerprint density at radius 2 is 1.35 bits per heavy atom. The molecule has 0 aromatic rings. The number of cyclic esters (lactones) is 2. The van der Waals surface area contributed by atoms with Gasteiger partial charge in [0.15, 0.2) is 0 Å². The lowest BCUT2D eigenvalue weighted by Gasteiger charge is -2.37. The first kappa shape index (κ1) is 23.0. The molecule has 1 fully saturated rings. The van der Waals surface area contributed by atoms with Crippen LogP contribution in [0.4, 0.5) is 0 Å². The van der Waals surface area contributed by atoms with Crippen molar-refractivity contribution in [3.63, 3.8) is 0 Å². The van der Waals surface area contributed by atoms with Gasteiger partial charge < -0.3 is 9.47 Å². The first-order valence-corrected chi connectivity index (χ1v) is 10.5. The summed E-state index contributed by atoms with van der Waals surface area (Å²) in [6.45, 7) is 11.7. The zero-order valence-corrected chi connectivity index (χ0v) is 17.9. The van der Waals surface area contributed by atoms with E-state index in [9.17, 15) is 9.59 Å². The third kappa shape index (κ3) is 7.28. The Morgan fingerprint density at radius 3 is 1.92 bits per heavy atom. The van der Waals surface area contributed by atoms with Crippen molar-refractivity contribution in [2.75, 3.05) is 0 Å². The predicted octanol–water partition coefficient (Wildman–Crippen LogP) is 5.82. The number of esters is 2. The molecule has 0 spiro atoms. The summed E-state index contributed by atoms with van der Waals surface area (Å²) >= 11 is 0. The summed E-state index contributed by atoms with van der Waals surface area (Å²) in [5.41, 5.74) is -1.33. The summed E-state index contributed by atoms with van der Waals surface area (Å²) < 4.78 is 11.3. The third-order valence-electron chi connectivity index (χ3n) is 5.49. The molecule has 26 heavy (non-hydrogen) atoms. The van der Waals surface area contributed by atoms with Crippen molar-refractivity contribution >= 4 is 11.9 Å². The van der Waals surface area contributed by atoms with Crippen molar-refractivity contribution in [2.45, 2.75) is 118 Å². The van der Waals surface area contributed by atoms with Gasteiger partial charge >= 0.3 is 11.9 Å². The minimum atomic E-state index is -0.691. The lowest BCUT2D eigenvalue weighted by Crippen LogP contribution is -2.42. The van der Waals surface area contributed by atoms with E-state index in [2.05, 4.69) is 6.92 Å². The zero-order valence-electron chi connectivity index (χ0n) is 17.9. The molecule has 0 amide bonds. The second kappa shape index (κ2) is 10.3. The van der Waals surface area contributed by atoms with Crippen molar-refractivity contribution in [2.24, 2.45) is 10.8 Å². The molecule has 0 bridgehead atoms. The molecule has 4 nitrogen and oxygen atoms in total. The van der Waals surface area contributed by atoms with E-state index in [0.29, 0.717) is 12.8 Å². The highest BCUT2D eigenvalue weighted by atomic mass is 16.6. The van der Waals surface area contributed by atoms with Gasteiger partial charge in [-0.3, -0.25) is 9.59 Å². The van der Waals surface area contributed by atoms with E-state index < -0.39 is 10.8 Å². The molecule has 0 aliphatic carbocycles. The Bertz CT molecular complexity index is 457. The Hall–Kier alpha value is -1.06. The average Bonchev–Trinajstić information content (AvgIpc) is 2.52. The molecule has 0 aromatic carbocycles. The Kier molecular flexibility index (Phi) is 9.12. The summed E-state index contributed by atoms with van der Waals surface area (Å²) in [7, 11) is 0. The van der Waals surface area contributed by atoms with Crippen LogP contribution in [0, 0.1) is 10.8 Å². The summed E-state index contributed by atoms with van der Waals surface area (Å²) in [5.74, 6) is -0.372. The minimum Gasteiger partial charge on any atom is -0.462 e. The van der Waals surface area contributed by atoms with Crippen LogP contribution in [0.15, 0.2) is 0 Å². The van der Waals surface area contributed by atoms with E-state index in [4.69, 9.17) is 9.47 Å². The van der Waals surface area contributed by atoms with E-state index in [1.54, 1.807) is 0 Å². The summed E-state index contributed by atoms with van der Waals surface area (Å²) in [4.78, 5) is 25.5. The summed E-state index contributed by atoms with van der Waals surface area (Å²) in [6.07, 6.45) is 9.75. The smallest absolute Gasteiger partial charge is 0.312 e. The van der Waals surface area contributed by atoms with Crippen molar-refractivity contribution in [3.05, 3.63) is 0 Å². The lowest BCUT2D eigenvalue weighted by molar-refractivity contribution is -0.175. The highest BCUT2D eigenvalue weighted by Crippen LogP contribution is 2.41. The van der Waals surface area contributed by atoms with Crippen LogP contribution in [0.1, 0.15) is 106 Å². The Balaban J connectivity index is 2.73. The molecule has 0 aromatic heterocycles. The van der Waals surface area contributed by atoms with E-state index in [1.165, 1.54) is 32.1 Å². The lowest BCUT2D eigenvalue weighted by atomic mass is 9.71. The molecular weight excluding hydrogens is 328 g/mol. The van der Waals surface area contributed by atoms with Gasteiger partial charge in [-0.2, -0.15) is 0 Å². The van der Waals surface area contributed by atoms with Crippen LogP contribution < -0.4 is 0 Å². The Labute approximate surface area is 160 Å². The van der Waals surface area contributed by atoms with Crippen molar-refractivity contribution < 1.29 is 19.1 Å². The monoisotopic (exact) mass is 368 g/mol. The fraction of sp³-hybridized carbons (Fsp3) is 0.909. The molecule has 0 N–H and O–H groups in total. The highest BCUT2D eigenvalue weighted by molar-refractivity contribution is 5.80. The van der Waals surface area contributed by atoms with Crippen molar-refractivity contribution in [1.29, 1.82) is 0 Å².